The number of rotatable bonds is 20. The van der Waals surface area contributed by atoms with Gasteiger partial charge < -0.3 is 9.11 Å². The van der Waals surface area contributed by atoms with Crippen LogP contribution in [0.3, 0.4) is 0 Å². The summed E-state index contributed by atoms with van der Waals surface area (Å²) in [6, 6.07) is 13.1. The number of hydrogen-bond acceptors (Lipinski definition) is 6. The molecule has 0 fully saturated rings. The van der Waals surface area contributed by atoms with Gasteiger partial charge in [-0.1, -0.05) is 140 Å². The molecule has 0 bridgehead atoms. The quantitative estimate of drug-likeness (QED) is 0.0840. The normalized spacial score (nSPS) is 11.4. The third-order valence-corrected chi connectivity index (χ3v) is 8.96. The van der Waals surface area contributed by atoms with Crippen molar-refractivity contribution in [3.63, 3.8) is 0 Å². The molecule has 9 heteroatoms. The molecule has 41 heavy (non-hydrogen) atoms. The average molecular weight is 619 g/mol. The smallest absolute Gasteiger partial charge is 0.744 e. The molecule has 0 N–H and O–H groups in total. The summed E-state index contributed by atoms with van der Waals surface area (Å²) in [5.41, 5.74) is 1.32. The van der Waals surface area contributed by atoms with Gasteiger partial charge in [-0.25, -0.2) is 16.8 Å². The maximum absolute atomic E-state index is 11.1. The molecule has 228 valence electrons. The molecular formula is C32H50MgO6S2. The van der Waals surface area contributed by atoms with E-state index in [1.165, 1.54) is 89.2 Å². The first-order chi connectivity index (χ1) is 19.1. The van der Waals surface area contributed by atoms with Crippen LogP contribution in [0.1, 0.15) is 128 Å². The van der Waals surface area contributed by atoms with Crippen LogP contribution in [-0.2, 0) is 33.1 Å². The number of benzene rings is 2. The fraction of sp³-hybridized carbons (Fsp3) is 0.625. The van der Waals surface area contributed by atoms with E-state index in [1.807, 2.05) is 0 Å². The standard InChI is InChI=1S/2C16H26O3S.Mg/c2*1-2-3-4-5-6-7-8-9-12-15-13-10-11-14-16(15)20(17,18)19;/h2*10-11,13-14H,2-9,12H2,1H3,(H,17,18,19);/q;;+2/p-2. The predicted octanol–water partition coefficient (Wildman–Crippen LogP) is 8.17. The van der Waals surface area contributed by atoms with Crippen molar-refractivity contribution in [2.75, 3.05) is 0 Å². The third-order valence-electron chi connectivity index (χ3n) is 7.08. The van der Waals surface area contributed by atoms with Gasteiger partial charge in [0.25, 0.3) is 0 Å². The van der Waals surface area contributed by atoms with Gasteiger partial charge in [-0.2, -0.15) is 0 Å². The first kappa shape index (κ1) is 40.0. The van der Waals surface area contributed by atoms with Crippen molar-refractivity contribution in [3.8, 4) is 0 Å². The van der Waals surface area contributed by atoms with Crippen LogP contribution < -0.4 is 0 Å². The Balaban J connectivity index is 0.000000762. The Kier molecular flexibility index (Phi) is 22.9. The van der Waals surface area contributed by atoms with E-state index in [-0.39, 0.29) is 32.8 Å². The summed E-state index contributed by atoms with van der Waals surface area (Å²) in [4.78, 5) is -0.106. The average Bonchev–Trinajstić information content (AvgIpc) is 2.91. The zero-order valence-corrected chi connectivity index (χ0v) is 28.4. The zero-order chi connectivity index (χ0) is 29.7. The van der Waals surface area contributed by atoms with Gasteiger partial charge in [0.15, 0.2) is 0 Å². The van der Waals surface area contributed by atoms with E-state index in [1.54, 1.807) is 36.4 Å². The summed E-state index contributed by atoms with van der Waals surface area (Å²) in [5.74, 6) is 0. The van der Waals surface area contributed by atoms with Crippen molar-refractivity contribution in [2.45, 2.75) is 139 Å². The summed E-state index contributed by atoms with van der Waals surface area (Å²) in [5, 5.41) is 0. The molecule has 2 aromatic carbocycles. The van der Waals surface area contributed by atoms with E-state index in [0.717, 1.165) is 25.7 Å². The van der Waals surface area contributed by atoms with Gasteiger partial charge in [0.05, 0.1) is 9.79 Å². The van der Waals surface area contributed by atoms with E-state index < -0.39 is 20.2 Å². The molecule has 0 spiro atoms. The topological polar surface area (TPSA) is 114 Å². The van der Waals surface area contributed by atoms with Crippen LogP contribution in [-0.4, -0.2) is 49.0 Å². The van der Waals surface area contributed by atoms with Crippen LogP contribution in [0.2, 0.25) is 0 Å². The molecule has 0 heterocycles. The molecule has 2 aromatic rings. The Hall–Kier alpha value is -0.974. The second-order valence-corrected chi connectivity index (χ2v) is 13.3. The molecule has 0 radical (unpaired) electrons. The summed E-state index contributed by atoms with van der Waals surface area (Å²) < 4.78 is 66.8. The van der Waals surface area contributed by atoms with Crippen molar-refractivity contribution in [3.05, 3.63) is 59.7 Å². The number of unbranched alkanes of at least 4 members (excludes halogenated alkanes) is 14. The summed E-state index contributed by atoms with van der Waals surface area (Å²) >= 11 is 0. The Labute approximate surface area is 266 Å². The van der Waals surface area contributed by atoms with E-state index in [0.29, 0.717) is 24.0 Å². The van der Waals surface area contributed by atoms with Crippen molar-refractivity contribution in [1.82, 2.24) is 0 Å². The molecule has 0 aliphatic heterocycles. The van der Waals surface area contributed by atoms with E-state index >= 15 is 0 Å². The maximum Gasteiger partial charge on any atom is 2.00 e. The zero-order valence-electron chi connectivity index (χ0n) is 25.3. The van der Waals surface area contributed by atoms with E-state index in [4.69, 9.17) is 0 Å². The second-order valence-electron chi connectivity index (χ2n) is 10.6. The summed E-state index contributed by atoms with van der Waals surface area (Å²) in [7, 11) is -8.68. The second kappa shape index (κ2) is 23.5. The molecule has 6 nitrogen and oxygen atoms in total. The molecule has 2 rings (SSSR count). The fourth-order valence-electron chi connectivity index (χ4n) is 4.81. The van der Waals surface area contributed by atoms with E-state index in [9.17, 15) is 25.9 Å². The Morgan fingerprint density at radius 2 is 0.732 bits per heavy atom. The summed E-state index contributed by atoms with van der Waals surface area (Å²) in [6.45, 7) is 4.42. The predicted molar refractivity (Wildman–Crippen MR) is 167 cm³/mol. The first-order valence-electron chi connectivity index (χ1n) is 15.2. The number of hydrogen-bond donors (Lipinski definition) is 0. The molecular weight excluding hydrogens is 569 g/mol. The minimum Gasteiger partial charge on any atom is -0.744 e. The minimum absolute atomic E-state index is 0. The SMILES string of the molecule is CCCCCCCCCCc1ccccc1S(=O)(=O)[O-].CCCCCCCCCCc1ccccc1S(=O)(=O)[O-].[Mg+2]. The third kappa shape index (κ3) is 19.0. The molecule has 0 amide bonds. The van der Waals surface area contributed by atoms with Crippen LogP contribution in [0.25, 0.3) is 0 Å². The van der Waals surface area contributed by atoms with Gasteiger partial charge in [0, 0.05) is 0 Å². The molecule has 0 aliphatic carbocycles. The van der Waals surface area contributed by atoms with Gasteiger partial charge >= 0.3 is 23.1 Å². The maximum atomic E-state index is 11.1. The molecule has 0 aromatic heterocycles. The van der Waals surface area contributed by atoms with Crippen LogP contribution in [0.15, 0.2) is 58.3 Å². The van der Waals surface area contributed by atoms with Gasteiger partial charge in [0.1, 0.15) is 20.2 Å². The first-order valence-corrected chi connectivity index (χ1v) is 18.0. The fourth-order valence-corrected chi connectivity index (χ4v) is 6.28. The van der Waals surface area contributed by atoms with Gasteiger partial charge in [-0.15, -0.1) is 0 Å². The van der Waals surface area contributed by atoms with Crippen LogP contribution in [0.5, 0.6) is 0 Å². The van der Waals surface area contributed by atoms with Crippen LogP contribution >= 0.6 is 0 Å². The Bertz CT molecular complexity index is 1060. The molecule has 0 saturated carbocycles. The largest absolute Gasteiger partial charge is 2.00 e. The van der Waals surface area contributed by atoms with E-state index in [2.05, 4.69) is 13.8 Å². The Morgan fingerprint density at radius 3 is 1.02 bits per heavy atom. The monoisotopic (exact) mass is 618 g/mol. The molecule has 0 saturated heterocycles. The van der Waals surface area contributed by atoms with Crippen molar-refractivity contribution >= 4 is 43.3 Å². The van der Waals surface area contributed by atoms with Gasteiger partial charge in [0.2, 0.25) is 0 Å². The van der Waals surface area contributed by atoms with Crippen LogP contribution in [0, 0.1) is 0 Å². The van der Waals surface area contributed by atoms with Crippen LogP contribution in [0.4, 0.5) is 0 Å². The number of aryl methyl sites for hydroxylation is 2. The van der Waals surface area contributed by atoms with Crippen molar-refractivity contribution < 1.29 is 25.9 Å². The molecule has 0 aliphatic rings. The molecule has 0 atom stereocenters. The van der Waals surface area contributed by atoms with Gasteiger partial charge in [-0.05, 0) is 48.9 Å². The van der Waals surface area contributed by atoms with Crippen molar-refractivity contribution in [2.24, 2.45) is 0 Å². The Morgan fingerprint density at radius 1 is 0.463 bits per heavy atom. The van der Waals surface area contributed by atoms with Crippen molar-refractivity contribution in [1.29, 1.82) is 0 Å². The molecule has 0 unspecified atom stereocenters. The summed E-state index contributed by atoms with van der Waals surface area (Å²) in [6.07, 6.45) is 20.7. The van der Waals surface area contributed by atoms with Gasteiger partial charge in [-0.3, -0.25) is 0 Å². The minimum atomic E-state index is -4.34.